The summed E-state index contributed by atoms with van der Waals surface area (Å²) in [6.07, 6.45) is -1.12. The van der Waals surface area contributed by atoms with Gasteiger partial charge in [-0.2, -0.15) is 0 Å². The van der Waals surface area contributed by atoms with E-state index < -0.39 is 23.8 Å². The number of hydrogen-bond donors (Lipinski definition) is 2. The number of ether oxygens (including phenoxy) is 1. The number of halogens is 1. The monoisotopic (exact) mass is 303 g/mol. The zero-order valence-corrected chi connectivity index (χ0v) is 11.7. The van der Waals surface area contributed by atoms with Gasteiger partial charge in [0.15, 0.2) is 6.10 Å². The largest absolute Gasteiger partial charge is 0.508 e. The fraction of sp³-hybridized carbons (Fsp3) is 0.125. The summed E-state index contributed by atoms with van der Waals surface area (Å²) in [5.41, 5.74) is 0.123. The number of nitrogens with one attached hydrogen (secondary N) is 1. The molecule has 0 heterocycles. The highest BCUT2D eigenvalue weighted by atomic mass is 19.1. The van der Waals surface area contributed by atoms with Crippen molar-refractivity contribution < 1.29 is 23.8 Å². The number of benzene rings is 2. The van der Waals surface area contributed by atoms with Crippen LogP contribution in [-0.2, 0) is 9.53 Å². The summed E-state index contributed by atoms with van der Waals surface area (Å²) in [5, 5.41) is 11.6. The van der Waals surface area contributed by atoms with E-state index in [4.69, 9.17) is 4.74 Å². The van der Waals surface area contributed by atoms with Crippen LogP contribution in [0.4, 0.5) is 10.1 Å². The standard InChI is InChI=1S/C16H14FNO4/c1-10(15(20)18-14-8-3-2-7-13(14)17)22-16(21)11-5-4-6-12(19)9-11/h2-10,19H,1H3,(H,18,20). The van der Waals surface area contributed by atoms with Crippen LogP contribution in [0.5, 0.6) is 5.75 Å². The summed E-state index contributed by atoms with van der Waals surface area (Å²) in [6, 6.07) is 11.2. The number of rotatable bonds is 4. The van der Waals surface area contributed by atoms with Gasteiger partial charge in [0.2, 0.25) is 0 Å². The van der Waals surface area contributed by atoms with E-state index in [1.54, 1.807) is 6.07 Å². The first-order chi connectivity index (χ1) is 10.5. The minimum Gasteiger partial charge on any atom is -0.508 e. The van der Waals surface area contributed by atoms with Crippen molar-refractivity contribution in [1.29, 1.82) is 0 Å². The van der Waals surface area contributed by atoms with Crippen LogP contribution < -0.4 is 5.32 Å². The van der Waals surface area contributed by atoms with E-state index in [0.29, 0.717) is 0 Å². The second-order valence-corrected chi connectivity index (χ2v) is 4.57. The van der Waals surface area contributed by atoms with Crippen molar-refractivity contribution in [3.05, 3.63) is 59.9 Å². The topological polar surface area (TPSA) is 75.6 Å². The van der Waals surface area contributed by atoms with Crippen LogP contribution in [0.1, 0.15) is 17.3 Å². The number of aromatic hydroxyl groups is 1. The lowest BCUT2D eigenvalue weighted by Gasteiger charge is -2.14. The molecule has 0 spiro atoms. The lowest BCUT2D eigenvalue weighted by atomic mass is 10.2. The van der Waals surface area contributed by atoms with Crippen LogP contribution in [0.25, 0.3) is 0 Å². The van der Waals surface area contributed by atoms with Gasteiger partial charge in [-0.25, -0.2) is 9.18 Å². The molecule has 1 unspecified atom stereocenters. The van der Waals surface area contributed by atoms with E-state index in [9.17, 15) is 19.1 Å². The first-order valence-electron chi connectivity index (χ1n) is 6.53. The van der Waals surface area contributed by atoms with Gasteiger partial charge in [-0.15, -0.1) is 0 Å². The van der Waals surface area contributed by atoms with Gasteiger partial charge < -0.3 is 15.2 Å². The van der Waals surface area contributed by atoms with Crippen LogP contribution in [0.15, 0.2) is 48.5 Å². The molecule has 2 aromatic rings. The SMILES string of the molecule is CC(OC(=O)c1cccc(O)c1)C(=O)Nc1ccccc1F. The molecule has 0 aliphatic rings. The molecule has 0 fully saturated rings. The Labute approximate surface area is 126 Å². The summed E-state index contributed by atoms with van der Waals surface area (Å²) in [5.74, 6) is -2.08. The molecule has 0 saturated carbocycles. The number of amides is 1. The smallest absolute Gasteiger partial charge is 0.339 e. The lowest BCUT2D eigenvalue weighted by Crippen LogP contribution is -2.30. The molecule has 114 valence electrons. The number of anilines is 1. The Morgan fingerprint density at radius 1 is 1.18 bits per heavy atom. The predicted molar refractivity (Wildman–Crippen MR) is 78.0 cm³/mol. The van der Waals surface area contributed by atoms with Crippen molar-refractivity contribution in [2.45, 2.75) is 13.0 Å². The third kappa shape index (κ3) is 3.82. The van der Waals surface area contributed by atoms with Crippen molar-refractivity contribution >= 4 is 17.6 Å². The first kappa shape index (κ1) is 15.5. The van der Waals surface area contributed by atoms with Crippen molar-refractivity contribution in [3.63, 3.8) is 0 Å². The van der Waals surface area contributed by atoms with E-state index in [2.05, 4.69) is 5.32 Å². The van der Waals surface area contributed by atoms with Gasteiger partial charge in [0.05, 0.1) is 11.3 Å². The fourth-order valence-electron chi connectivity index (χ4n) is 1.71. The molecular formula is C16H14FNO4. The van der Waals surface area contributed by atoms with Crippen LogP contribution >= 0.6 is 0 Å². The highest BCUT2D eigenvalue weighted by Crippen LogP contribution is 2.15. The number of phenolic OH excluding ortho intramolecular Hbond substituents is 1. The zero-order valence-electron chi connectivity index (χ0n) is 11.7. The number of phenols is 1. The Bertz CT molecular complexity index is 702. The second-order valence-electron chi connectivity index (χ2n) is 4.57. The maximum absolute atomic E-state index is 13.4. The average molecular weight is 303 g/mol. The van der Waals surface area contributed by atoms with Gasteiger partial charge >= 0.3 is 5.97 Å². The molecule has 1 amide bonds. The molecule has 0 bridgehead atoms. The van der Waals surface area contributed by atoms with E-state index in [1.807, 2.05) is 0 Å². The van der Waals surface area contributed by atoms with E-state index in [-0.39, 0.29) is 17.0 Å². The maximum atomic E-state index is 13.4. The van der Waals surface area contributed by atoms with Gasteiger partial charge in [0, 0.05) is 0 Å². The molecule has 22 heavy (non-hydrogen) atoms. The maximum Gasteiger partial charge on any atom is 0.339 e. The van der Waals surface area contributed by atoms with Gasteiger partial charge in [0.1, 0.15) is 11.6 Å². The van der Waals surface area contributed by atoms with E-state index >= 15 is 0 Å². The highest BCUT2D eigenvalue weighted by molar-refractivity contribution is 5.97. The summed E-state index contributed by atoms with van der Waals surface area (Å²) >= 11 is 0. The van der Waals surface area contributed by atoms with Crippen molar-refractivity contribution in [2.75, 3.05) is 5.32 Å². The third-order valence-corrected chi connectivity index (χ3v) is 2.87. The van der Waals surface area contributed by atoms with E-state index in [0.717, 1.165) is 0 Å². The Morgan fingerprint density at radius 2 is 1.91 bits per heavy atom. The third-order valence-electron chi connectivity index (χ3n) is 2.87. The Morgan fingerprint density at radius 3 is 2.59 bits per heavy atom. The second kappa shape index (κ2) is 6.71. The number of hydrogen-bond acceptors (Lipinski definition) is 4. The zero-order chi connectivity index (χ0) is 16.1. The molecule has 5 nitrogen and oxygen atoms in total. The summed E-state index contributed by atoms with van der Waals surface area (Å²) < 4.78 is 18.4. The lowest BCUT2D eigenvalue weighted by molar-refractivity contribution is -0.123. The van der Waals surface area contributed by atoms with Crippen molar-refractivity contribution in [3.8, 4) is 5.75 Å². The quantitative estimate of drug-likeness (QED) is 0.852. The molecule has 0 aliphatic heterocycles. The molecule has 0 radical (unpaired) electrons. The summed E-state index contributed by atoms with van der Waals surface area (Å²) in [7, 11) is 0. The molecule has 2 rings (SSSR count). The molecule has 6 heteroatoms. The number of carbonyl (C=O) groups is 2. The summed E-state index contributed by atoms with van der Waals surface area (Å²) in [4.78, 5) is 23.7. The van der Waals surface area contributed by atoms with Crippen LogP contribution in [0.3, 0.4) is 0 Å². The van der Waals surface area contributed by atoms with Crippen LogP contribution in [0, 0.1) is 5.82 Å². The number of para-hydroxylation sites is 1. The molecule has 0 saturated heterocycles. The number of carbonyl (C=O) groups excluding carboxylic acids is 2. The van der Waals surface area contributed by atoms with Crippen LogP contribution in [0.2, 0.25) is 0 Å². The predicted octanol–water partition coefficient (Wildman–Crippen LogP) is 2.72. The molecule has 0 aromatic heterocycles. The fourth-order valence-corrected chi connectivity index (χ4v) is 1.71. The van der Waals surface area contributed by atoms with Gasteiger partial charge in [-0.3, -0.25) is 4.79 Å². The average Bonchev–Trinajstić information content (AvgIpc) is 2.49. The minimum absolute atomic E-state index is 0.00718. The molecule has 0 aliphatic carbocycles. The molecular weight excluding hydrogens is 289 g/mol. The Kier molecular flexibility index (Phi) is 4.73. The molecule has 2 N–H and O–H groups in total. The van der Waals surface area contributed by atoms with Gasteiger partial charge in [-0.05, 0) is 37.3 Å². The highest BCUT2D eigenvalue weighted by Gasteiger charge is 2.20. The van der Waals surface area contributed by atoms with Crippen LogP contribution in [-0.4, -0.2) is 23.1 Å². The van der Waals surface area contributed by atoms with Crippen molar-refractivity contribution in [1.82, 2.24) is 0 Å². The van der Waals surface area contributed by atoms with Gasteiger partial charge in [-0.1, -0.05) is 18.2 Å². The first-order valence-corrected chi connectivity index (χ1v) is 6.53. The Balaban J connectivity index is 1.99. The normalized spacial score (nSPS) is 11.5. The summed E-state index contributed by atoms with van der Waals surface area (Å²) in [6.45, 7) is 1.37. The van der Waals surface area contributed by atoms with Gasteiger partial charge in [0.25, 0.3) is 5.91 Å². The number of esters is 1. The minimum atomic E-state index is -1.12. The van der Waals surface area contributed by atoms with Crippen molar-refractivity contribution in [2.24, 2.45) is 0 Å². The van der Waals surface area contributed by atoms with E-state index in [1.165, 1.54) is 49.4 Å². The molecule has 2 aromatic carbocycles. The molecule has 1 atom stereocenters. The Hall–Kier alpha value is -2.89.